The predicted molar refractivity (Wildman–Crippen MR) is 78.2 cm³/mol. The van der Waals surface area contributed by atoms with E-state index in [1.54, 1.807) is 0 Å². The number of amides is 1. The van der Waals surface area contributed by atoms with E-state index in [0.717, 1.165) is 6.42 Å². The molecule has 2 atom stereocenters. The number of carboxylic acids is 1. The molecule has 1 aromatic rings. The standard InChI is InChI=1S/C16H21NO4/c1-3-12-4-6-13(7-5-12)21-10-14(18)17-9-8-11(2)15(17)16(19)20/h4-7,11,15H,3,8-10H2,1-2H3,(H,19,20). The van der Waals surface area contributed by atoms with Gasteiger partial charge >= 0.3 is 5.97 Å². The van der Waals surface area contributed by atoms with Crippen molar-refractivity contribution >= 4 is 11.9 Å². The largest absolute Gasteiger partial charge is 0.484 e. The number of rotatable bonds is 5. The van der Waals surface area contributed by atoms with Crippen LogP contribution in [0.25, 0.3) is 0 Å². The first kappa shape index (κ1) is 15.4. The number of hydrogen-bond acceptors (Lipinski definition) is 3. The fourth-order valence-corrected chi connectivity index (χ4v) is 2.65. The van der Waals surface area contributed by atoms with Crippen molar-refractivity contribution in [2.75, 3.05) is 13.2 Å². The summed E-state index contributed by atoms with van der Waals surface area (Å²) in [5.74, 6) is -0.609. The van der Waals surface area contributed by atoms with E-state index in [2.05, 4.69) is 6.92 Å². The quantitative estimate of drug-likeness (QED) is 0.900. The van der Waals surface area contributed by atoms with E-state index in [1.165, 1.54) is 10.5 Å². The van der Waals surface area contributed by atoms with Gasteiger partial charge in [0.15, 0.2) is 6.61 Å². The van der Waals surface area contributed by atoms with E-state index in [1.807, 2.05) is 31.2 Å². The van der Waals surface area contributed by atoms with Gasteiger partial charge in [0.25, 0.3) is 5.91 Å². The highest BCUT2D eigenvalue weighted by atomic mass is 16.5. The van der Waals surface area contributed by atoms with Gasteiger partial charge in [-0.25, -0.2) is 4.79 Å². The van der Waals surface area contributed by atoms with Crippen molar-refractivity contribution in [3.63, 3.8) is 0 Å². The zero-order valence-electron chi connectivity index (χ0n) is 12.4. The molecule has 1 heterocycles. The Hall–Kier alpha value is -2.04. The minimum Gasteiger partial charge on any atom is -0.484 e. The average molecular weight is 291 g/mol. The minimum absolute atomic E-state index is 0.0183. The third-order valence-corrected chi connectivity index (χ3v) is 3.97. The second-order valence-electron chi connectivity index (χ2n) is 5.42. The lowest BCUT2D eigenvalue weighted by Gasteiger charge is -2.23. The number of ether oxygens (including phenoxy) is 1. The van der Waals surface area contributed by atoms with E-state index in [4.69, 9.17) is 4.74 Å². The summed E-state index contributed by atoms with van der Waals surface area (Å²) in [4.78, 5) is 24.8. The van der Waals surface area contributed by atoms with Crippen LogP contribution in [0.5, 0.6) is 5.75 Å². The molecule has 1 aliphatic rings. The van der Waals surface area contributed by atoms with Crippen molar-refractivity contribution in [1.29, 1.82) is 0 Å². The first-order chi connectivity index (χ1) is 10.0. The van der Waals surface area contributed by atoms with Gasteiger partial charge in [-0.2, -0.15) is 0 Å². The van der Waals surface area contributed by atoms with Gasteiger partial charge in [0.05, 0.1) is 0 Å². The number of carbonyl (C=O) groups is 2. The Kier molecular flexibility index (Phi) is 4.83. The molecule has 0 aromatic heterocycles. The average Bonchev–Trinajstić information content (AvgIpc) is 2.87. The van der Waals surface area contributed by atoms with Gasteiger partial charge in [0, 0.05) is 6.54 Å². The first-order valence-corrected chi connectivity index (χ1v) is 7.27. The third-order valence-electron chi connectivity index (χ3n) is 3.97. The van der Waals surface area contributed by atoms with Crippen LogP contribution in [0, 0.1) is 5.92 Å². The smallest absolute Gasteiger partial charge is 0.326 e. The maximum absolute atomic E-state index is 12.1. The summed E-state index contributed by atoms with van der Waals surface area (Å²) in [6.45, 7) is 4.29. The number of likely N-dealkylation sites (tertiary alicyclic amines) is 1. The van der Waals surface area contributed by atoms with Gasteiger partial charge in [-0.1, -0.05) is 26.0 Å². The van der Waals surface area contributed by atoms with Crippen molar-refractivity contribution < 1.29 is 19.4 Å². The zero-order valence-corrected chi connectivity index (χ0v) is 12.4. The molecule has 2 unspecified atom stereocenters. The molecule has 5 nitrogen and oxygen atoms in total. The summed E-state index contributed by atoms with van der Waals surface area (Å²) < 4.78 is 5.46. The van der Waals surface area contributed by atoms with Crippen molar-refractivity contribution in [1.82, 2.24) is 4.90 Å². The topological polar surface area (TPSA) is 66.8 Å². The SMILES string of the molecule is CCc1ccc(OCC(=O)N2CCC(C)C2C(=O)O)cc1. The monoisotopic (exact) mass is 291 g/mol. The van der Waals surface area contributed by atoms with Crippen molar-refractivity contribution in [3.05, 3.63) is 29.8 Å². The van der Waals surface area contributed by atoms with E-state index in [0.29, 0.717) is 18.7 Å². The molecule has 1 amide bonds. The lowest BCUT2D eigenvalue weighted by molar-refractivity contribution is -0.150. The van der Waals surface area contributed by atoms with E-state index >= 15 is 0 Å². The highest BCUT2D eigenvalue weighted by molar-refractivity contribution is 5.85. The van der Waals surface area contributed by atoms with E-state index in [-0.39, 0.29) is 18.4 Å². The van der Waals surface area contributed by atoms with Gasteiger partial charge in [0.2, 0.25) is 0 Å². The summed E-state index contributed by atoms with van der Waals surface area (Å²) in [5.41, 5.74) is 1.20. The Bertz CT molecular complexity index is 512. The summed E-state index contributed by atoms with van der Waals surface area (Å²) in [7, 11) is 0. The number of hydrogen-bond donors (Lipinski definition) is 1. The second kappa shape index (κ2) is 6.61. The van der Waals surface area contributed by atoms with E-state index < -0.39 is 12.0 Å². The molecule has 0 bridgehead atoms. The van der Waals surface area contributed by atoms with Crippen molar-refractivity contribution in [2.45, 2.75) is 32.7 Å². The zero-order chi connectivity index (χ0) is 15.4. The van der Waals surface area contributed by atoms with Crippen LogP contribution in [-0.4, -0.2) is 41.1 Å². The van der Waals surface area contributed by atoms with Crippen LogP contribution >= 0.6 is 0 Å². The Morgan fingerprint density at radius 3 is 2.57 bits per heavy atom. The molecule has 0 radical (unpaired) electrons. The number of carbonyl (C=O) groups excluding carboxylic acids is 1. The molecular weight excluding hydrogens is 270 g/mol. The van der Waals surface area contributed by atoms with Gasteiger partial charge in [-0.15, -0.1) is 0 Å². The number of nitrogens with zero attached hydrogens (tertiary/aromatic N) is 1. The molecule has 114 valence electrons. The van der Waals surface area contributed by atoms with Crippen LogP contribution in [-0.2, 0) is 16.0 Å². The summed E-state index contributed by atoms with van der Waals surface area (Å²) in [5, 5.41) is 9.21. The molecule has 5 heteroatoms. The molecule has 2 rings (SSSR count). The predicted octanol–water partition coefficient (Wildman–Crippen LogP) is 1.95. The van der Waals surface area contributed by atoms with Crippen molar-refractivity contribution in [3.8, 4) is 5.75 Å². The number of aryl methyl sites for hydroxylation is 1. The summed E-state index contributed by atoms with van der Waals surface area (Å²) in [6, 6.07) is 6.83. The third kappa shape index (κ3) is 3.54. The van der Waals surface area contributed by atoms with Crippen LogP contribution in [0.4, 0.5) is 0 Å². The fraction of sp³-hybridized carbons (Fsp3) is 0.500. The molecule has 21 heavy (non-hydrogen) atoms. The Labute approximate surface area is 124 Å². The van der Waals surface area contributed by atoms with Gasteiger partial charge in [0.1, 0.15) is 11.8 Å². The van der Waals surface area contributed by atoms with Crippen LogP contribution in [0.3, 0.4) is 0 Å². The molecule has 0 aliphatic carbocycles. The summed E-state index contributed by atoms with van der Waals surface area (Å²) in [6.07, 6.45) is 1.67. The molecule has 1 fully saturated rings. The highest BCUT2D eigenvalue weighted by Crippen LogP contribution is 2.24. The lowest BCUT2D eigenvalue weighted by Crippen LogP contribution is -2.44. The van der Waals surface area contributed by atoms with Crippen LogP contribution in [0.15, 0.2) is 24.3 Å². The molecule has 1 saturated heterocycles. The minimum atomic E-state index is -0.944. The molecule has 0 saturated carbocycles. The van der Waals surface area contributed by atoms with Crippen LogP contribution in [0.1, 0.15) is 25.8 Å². The molecule has 1 N–H and O–H groups in total. The number of aliphatic carboxylic acids is 1. The maximum atomic E-state index is 12.1. The highest BCUT2D eigenvalue weighted by Gasteiger charge is 2.39. The second-order valence-corrected chi connectivity index (χ2v) is 5.42. The molecule has 1 aliphatic heterocycles. The molecular formula is C16H21NO4. The molecule has 0 spiro atoms. The van der Waals surface area contributed by atoms with Gasteiger partial charge in [-0.3, -0.25) is 4.79 Å². The normalized spacial score (nSPS) is 21.3. The van der Waals surface area contributed by atoms with Gasteiger partial charge < -0.3 is 14.7 Å². The van der Waals surface area contributed by atoms with Crippen molar-refractivity contribution in [2.24, 2.45) is 5.92 Å². The van der Waals surface area contributed by atoms with Gasteiger partial charge in [-0.05, 0) is 36.5 Å². The Balaban J connectivity index is 1.93. The number of benzene rings is 1. The molecule has 1 aromatic carbocycles. The maximum Gasteiger partial charge on any atom is 0.326 e. The van der Waals surface area contributed by atoms with Crippen LogP contribution in [0.2, 0.25) is 0 Å². The Morgan fingerprint density at radius 1 is 1.33 bits per heavy atom. The summed E-state index contributed by atoms with van der Waals surface area (Å²) >= 11 is 0. The first-order valence-electron chi connectivity index (χ1n) is 7.27. The number of carboxylic acid groups (broad SMARTS) is 1. The Morgan fingerprint density at radius 2 is 2.00 bits per heavy atom. The van der Waals surface area contributed by atoms with E-state index in [9.17, 15) is 14.7 Å². The fourth-order valence-electron chi connectivity index (χ4n) is 2.65. The van der Waals surface area contributed by atoms with Crippen LogP contribution < -0.4 is 4.74 Å². The lowest BCUT2D eigenvalue weighted by atomic mass is 10.0.